The minimum atomic E-state index is 0.817. The second-order valence-electron chi connectivity index (χ2n) is 4.50. The molecule has 3 N–H and O–H groups in total. The second-order valence-corrected chi connectivity index (χ2v) is 4.50. The van der Waals surface area contributed by atoms with Gasteiger partial charge in [-0.3, -0.25) is 5.10 Å². The molecule has 0 saturated carbocycles. The largest absolute Gasteiger partial charge is 0.397 e. The van der Waals surface area contributed by atoms with Crippen molar-refractivity contribution in [1.82, 2.24) is 10.2 Å². The first kappa shape index (κ1) is 11.8. The fourth-order valence-electron chi connectivity index (χ4n) is 2.05. The zero-order valence-corrected chi connectivity index (χ0v) is 10.5. The summed E-state index contributed by atoms with van der Waals surface area (Å²) in [4.78, 5) is 2.21. The molecule has 0 radical (unpaired) electrons. The van der Waals surface area contributed by atoms with Crippen molar-refractivity contribution >= 4 is 22.3 Å². The molecule has 2 aromatic rings. The summed E-state index contributed by atoms with van der Waals surface area (Å²) in [6, 6.07) is 4.05. The molecule has 0 bridgehead atoms. The molecule has 0 atom stereocenters. The maximum Gasteiger partial charge on any atom is 0.0672 e. The Morgan fingerprint density at radius 2 is 2.18 bits per heavy atom. The Hall–Kier alpha value is -1.71. The third-order valence-electron chi connectivity index (χ3n) is 3.10. The summed E-state index contributed by atoms with van der Waals surface area (Å²) in [6.07, 6.45) is 5.50. The van der Waals surface area contributed by atoms with Gasteiger partial charge in [-0.2, -0.15) is 5.10 Å². The minimum Gasteiger partial charge on any atom is -0.397 e. The Kier molecular flexibility index (Phi) is 3.52. The molecule has 0 aliphatic rings. The highest BCUT2D eigenvalue weighted by atomic mass is 15.1. The summed E-state index contributed by atoms with van der Waals surface area (Å²) in [5.74, 6) is 0. The average molecular weight is 232 g/mol. The van der Waals surface area contributed by atoms with E-state index in [1.54, 1.807) is 6.20 Å². The van der Waals surface area contributed by atoms with Crippen LogP contribution in [0.25, 0.3) is 10.9 Å². The van der Waals surface area contributed by atoms with Gasteiger partial charge in [-0.25, -0.2) is 0 Å². The number of fused-ring (bicyclic) bond motifs is 1. The number of nitrogens with zero attached hydrogens (tertiary/aromatic N) is 2. The van der Waals surface area contributed by atoms with E-state index in [-0.39, 0.29) is 0 Å². The molecule has 2 rings (SSSR count). The lowest BCUT2D eigenvalue weighted by Crippen LogP contribution is -2.19. The highest BCUT2D eigenvalue weighted by Gasteiger charge is 2.07. The molecule has 4 heteroatoms. The van der Waals surface area contributed by atoms with E-state index in [1.165, 1.54) is 19.3 Å². The molecule has 1 heterocycles. The van der Waals surface area contributed by atoms with Crippen molar-refractivity contribution in [2.24, 2.45) is 0 Å². The molecule has 1 aromatic carbocycles. The average Bonchev–Trinajstić information content (AvgIpc) is 2.75. The fourth-order valence-corrected chi connectivity index (χ4v) is 2.05. The quantitative estimate of drug-likeness (QED) is 0.615. The molecule has 4 nitrogen and oxygen atoms in total. The zero-order valence-electron chi connectivity index (χ0n) is 10.5. The number of nitrogens with two attached hydrogens (primary N) is 1. The van der Waals surface area contributed by atoms with E-state index >= 15 is 0 Å². The Bertz CT molecular complexity index is 489. The molecular weight excluding hydrogens is 212 g/mol. The van der Waals surface area contributed by atoms with Crippen LogP contribution in [0.4, 0.5) is 11.4 Å². The predicted octanol–water partition coefficient (Wildman–Crippen LogP) is 2.77. The van der Waals surface area contributed by atoms with Gasteiger partial charge in [0, 0.05) is 19.0 Å². The van der Waals surface area contributed by atoms with Crippen molar-refractivity contribution in [2.75, 3.05) is 24.2 Å². The topological polar surface area (TPSA) is 57.9 Å². The Labute approximate surface area is 102 Å². The molecule has 0 aliphatic heterocycles. The van der Waals surface area contributed by atoms with Gasteiger partial charge < -0.3 is 10.6 Å². The van der Waals surface area contributed by atoms with Crippen LogP contribution in [0, 0.1) is 0 Å². The van der Waals surface area contributed by atoms with Crippen LogP contribution in [0.2, 0.25) is 0 Å². The van der Waals surface area contributed by atoms with Gasteiger partial charge in [0.25, 0.3) is 0 Å². The van der Waals surface area contributed by atoms with Crippen molar-refractivity contribution in [3.63, 3.8) is 0 Å². The minimum absolute atomic E-state index is 0.817. The number of unbranched alkanes of at least 4 members (excludes halogenated alkanes) is 2. The van der Waals surface area contributed by atoms with Crippen molar-refractivity contribution in [3.05, 3.63) is 18.3 Å². The van der Waals surface area contributed by atoms with Gasteiger partial charge in [0.1, 0.15) is 0 Å². The summed E-state index contributed by atoms with van der Waals surface area (Å²) in [6.45, 7) is 3.25. The first-order valence-corrected chi connectivity index (χ1v) is 6.16. The normalized spacial score (nSPS) is 10.9. The predicted molar refractivity (Wildman–Crippen MR) is 73.3 cm³/mol. The van der Waals surface area contributed by atoms with E-state index in [0.717, 1.165) is 28.8 Å². The number of H-pyrrole nitrogens is 1. The maximum absolute atomic E-state index is 6.07. The van der Waals surface area contributed by atoms with E-state index in [9.17, 15) is 0 Å². The first-order valence-electron chi connectivity index (χ1n) is 6.16. The smallest absolute Gasteiger partial charge is 0.0672 e. The lowest BCUT2D eigenvalue weighted by atomic mass is 10.2. The number of hydrogen-bond donors (Lipinski definition) is 2. The van der Waals surface area contributed by atoms with Gasteiger partial charge in [-0.15, -0.1) is 0 Å². The number of anilines is 2. The van der Waals surface area contributed by atoms with Crippen LogP contribution in [0.1, 0.15) is 26.2 Å². The van der Waals surface area contributed by atoms with E-state index in [0.29, 0.717) is 0 Å². The number of nitrogens with one attached hydrogen (secondary N) is 1. The van der Waals surface area contributed by atoms with E-state index in [4.69, 9.17) is 5.73 Å². The summed E-state index contributed by atoms with van der Waals surface area (Å²) >= 11 is 0. The van der Waals surface area contributed by atoms with Crippen LogP contribution in [0.5, 0.6) is 0 Å². The molecule has 0 amide bonds. The summed E-state index contributed by atoms with van der Waals surface area (Å²) in [5.41, 5.74) is 9.00. The highest BCUT2D eigenvalue weighted by Crippen LogP contribution is 2.27. The lowest BCUT2D eigenvalue weighted by molar-refractivity contribution is 0.705. The van der Waals surface area contributed by atoms with Gasteiger partial charge >= 0.3 is 0 Å². The monoisotopic (exact) mass is 232 g/mol. The van der Waals surface area contributed by atoms with E-state index in [1.807, 2.05) is 6.07 Å². The fraction of sp³-hybridized carbons (Fsp3) is 0.462. The lowest BCUT2D eigenvalue weighted by Gasteiger charge is -2.21. The van der Waals surface area contributed by atoms with Gasteiger partial charge in [0.2, 0.25) is 0 Å². The zero-order chi connectivity index (χ0) is 12.3. The molecular formula is C13H20N4. The van der Waals surface area contributed by atoms with Crippen LogP contribution in [0.3, 0.4) is 0 Å². The Morgan fingerprint density at radius 3 is 2.94 bits per heavy atom. The Balaban J connectivity index is 2.18. The first-order chi connectivity index (χ1) is 8.22. The molecule has 0 fully saturated rings. The third-order valence-corrected chi connectivity index (χ3v) is 3.10. The number of hydrogen-bond acceptors (Lipinski definition) is 3. The van der Waals surface area contributed by atoms with E-state index in [2.05, 4.69) is 35.1 Å². The highest BCUT2D eigenvalue weighted by molar-refractivity contribution is 5.88. The number of aromatic nitrogens is 2. The third kappa shape index (κ3) is 2.52. The summed E-state index contributed by atoms with van der Waals surface area (Å²) < 4.78 is 0. The van der Waals surface area contributed by atoms with Gasteiger partial charge in [0.05, 0.1) is 23.1 Å². The molecule has 1 aromatic heterocycles. The SMILES string of the molecule is CCCCCN(C)c1cc2[nH]ncc2cc1N. The molecule has 0 unspecified atom stereocenters. The van der Waals surface area contributed by atoms with Crippen LogP contribution >= 0.6 is 0 Å². The van der Waals surface area contributed by atoms with Crippen LogP contribution in [0.15, 0.2) is 18.3 Å². The molecule has 0 spiro atoms. The van der Waals surface area contributed by atoms with Crippen molar-refractivity contribution in [1.29, 1.82) is 0 Å². The van der Waals surface area contributed by atoms with Crippen LogP contribution < -0.4 is 10.6 Å². The Morgan fingerprint density at radius 1 is 1.35 bits per heavy atom. The molecule has 0 aliphatic carbocycles. The number of rotatable bonds is 5. The summed E-state index contributed by atoms with van der Waals surface area (Å²) in [5, 5.41) is 8.06. The molecule has 92 valence electrons. The van der Waals surface area contributed by atoms with Crippen LogP contribution in [-0.4, -0.2) is 23.8 Å². The molecule has 17 heavy (non-hydrogen) atoms. The van der Waals surface area contributed by atoms with Crippen molar-refractivity contribution in [3.8, 4) is 0 Å². The van der Waals surface area contributed by atoms with E-state index < -0.39 is 0 Å². The van der Waals surface area contributed by atoms with Gasteiger partial charge in [0.15, 0.2) is 0 Å². The van der Waals surface area contributed by atoms with Crippen molar-refractivity contribution in [2.45, 2.75) is 26.2 Å². The molecule has 0 saturated heterocycles. The van der Waals surface area contributed by atoms with Crippen molar-refractivity contribution < 1.29 is 0 Å². The maximum atomic E-state index is 6.07. The number of aromatic amines is 1. The van der Waals surface area contributed by atoms with Crippen LogP contribution in [-0.2, 0) is 0 Å². The summed E-state index contributed by atoms with van der Waals surface area (Å²) in [7, 11) is 2.09. The second kappa shape index (κ2) is 5.08. The van der Waals surface area contributed by atoms with Gasteiger partial charge in [-0.1, -0.05) is 19.8 Å². The standard InChI is InChI=1S/C13H20N4/c1-3-4-5-6-17(2)13-8-12-10(7-11(13)14)9-15-16-12/h7-9H,3-6,14H2,1-2H3,(H,15,16). The van der Waals surface area contributed by atoms with Gasteiger partial charge in [-0.05, 0) is 18.6 Å². The number of nitrogen functional groups attached to an aromatic ring is 1. The number of benzene rings is 1.